The Bertz CT molecular complexity index is 752. The first kappa shape index (κ1) is 12.4. The van der Waals surface area contributed by atoms with Crippen molar-refractivity contribution in [3.05, 3.63) is 53.5 Å². The predicted molar refractivity (Wildman–Crippen MR) is 77.3 cm³/mol. The van der Waals surface area contributed by atoms with Crippen molar-refractivity contribution in [3.63, 3.8) is 0 Å². The lowest BCUT2D eigenvalue weighted by Crippen LogP contribution is -2.05. The van der Waals surface area contributed by atoms with Crippen molar-refractivity contribution < 1.29 is 14.7 Å². The van der Waals surface area contributed by atoms with Gasteiger partial charge in [-0.05, 0) is 36.4 Å². The van der Waals surface area contributed by atoms with Crippen molar-refractivity contribution >= 4 is 33.2 Å². The van der Waals surface area contributed by atoms with E-state index in [1.807, 2.05) is 18.2 Å². The summed E-state index contributed by atoms with van der Waals surface area (Å²) in [5.41, 5.74) is 6.24. The van der Waals surface area contributed by atoms with E-state index in [1.54, 1.807) is 29.0 Å². The summed E-state index contributed by atoms with van der Waals surface area (Å²) in [6.45, 7) is 0. The van der Waals surface area contributed by atoms with Gasteiger partial charge in [-0.15, -0.1) is 11.3 Å². The molecule has 1 heterocycles. The van der Waals surface area contributed by atoms with Crippen molar-refractivity contribution in [1.82, 2.24) is 4.98 Å². The summed E-state index contributed by atoms with van der Waals surface area (Å²) in [5.74, 6) is -0.323. The number of nitrogens with zero attached hydrogens (tertiary/aromatic N) is 1. The molecule has 0 aliphatic rings. The van der Waals surface area contributed by atoms with Crippen molar-refractivity contribution in [3.8, 4) is 5.75 Å². The van der Waals surface area contributed by atoms with Gasteiger partial charge in [0.15, 0.2) is 5.75 Å². The van der Waals surface area contributed by atoms with Gasteiger partial charge < -0.3 is 9.94 Å². The molecule has 0 aliphatic carbocycles. The highest BCUT2D eigenvalue weighted by atomic mass is 32.1. The zero-order chi connectivity index (χ0) is 13.9. The van der Waals surface area contributed by atoms with Crippen LogP contribution in [0.25, 0.3) is 10.2 Å². The fourth-order valence-corrected chi connectivity index (χ4v) is 2.43. The molecule has 1 aromatic heterocycles. The van der Waals surface area contributed by atoms with E-state index in [-0.39, 0.29) is 5.56 Å². The summed E-state index contributed by atoms with van der Waals surface area (Å²) >= 11 is 1.54. The van der Waals surface area contributed by atoms with Crippen LogP contribution >= 0.6 is 11.3 Å². The van der Waals surface area contributed by atoms with Gasteiger partial charge in [-0.3, -0.25) is 0 Å². The highest BCUT2D eigenvalue weighted by Gasteiger charge is 2.05. The van der Waals surface area contributed by atoms with E-state index in [2.05, 4.69) is 10.5 Å². The van der Waals surface area contributed by atoms with Crippen LogP contribution in [0.4, 0.5) is 5.69 Å². The summed E-state index contributed by atoms with van der Waals surface area (Å²) in [7, 11) is 0. The van der Waals surface area contributed by atoms with Gasteiger partial charge in [0.05, 0.1) is 21.5 Å². The molecule has 0 fully saturated rings. The zero-order valence-electron chi connectivity index (χ0n) is 10.2. The molecule has 3 rings (SSSR count). The molecule has 3 aromatic rings. The molecule has 0 bridgehead atoms. The number of aromatic nitrogens is 1. The topological polar surface area (TPSA) is 71.5 Å². The number of anilines is 1. The molecule has 2 N–H and O–H groups in total. The summed E-state index contributed by atoms with van der Waals surface area (Å²) in [4.78, 5) is 20.5. The highest BCUT2D eigenvalue weighted by Crippen LogP contribution is 2.27. The van der Waals surface area contributed by atoms with E-state index in [1.165, 1.54) is 12.1 Å². The van der Waals surface area contributed by atoms with E-state index in [9.17, 15) is 4.79 Å². The fraction of sp³-hybridized carbons (Fsp3) is 0. The second kappa shape index (κ2) is 5.18. The van der Waals surface area contributed by atoms with Crippen LogP contribution in [-0.4, -0.2) is 16.1 Å². The summed E-state index contributed by atoms with van der Waals surface area (Å²) in [6.07, 6.45) is 0. The fourth-order valence-electron chi connectivity index (χ4n) is 1.74. The molecule has 0 saturated heterocycles. The summed E-state index contributed by atoms with van der Waals surface area (Å²) in [5, 5.41) is 8.82. The SMILES string of the molecule is O=C(O)c1ccc(NOc2cccc3scnc23)cc1. The Labute approximate surface area is 118 Å². The van der Waals surface area contributed by atoms with Crippen molar-refractivity contribution in [2.45, 2.75) is 0 Å². The third kappa shape index (κ3) is 2.41. The second-order valence-corrected chi connectivity index (χ2v) is 4.93. The maximum atomic E-state index is 10.7. The number of hydrogen-bond donors (Lipinski definition) is 2. The quantitative estimate of drug-likeness (QED) is 0.719. The van der Waals surface area contributed by atoms with Crippen LogP contribution in [0.3, 0.4) is 0 Å². The van der Waals surface area contributed by atoms with Crippen LogP contribution < -0.4 is 10.3 Å². The van der Waals surface area contributed by atoms with Gasteiger partial charge >= 0.3 is 5.97 Å². The Kier molecular flexibility index (Phi) is 3.22. The van der Waals surface area contributed by atoms with Crippen molar-refractivity contribution in [2.75, 3.05) is 5.48 Å². The van der Waals surface area contributed by atoms with E-state index >= 15 is 0 Å². The average Bonchev–Trinajstić information content (AvgIpc) is 2.94. The first-order valence-electron chi connectivity index (χ1n) is 5.82. The molecule has 0 amide bonds. The number of hydrogen-bond acceptors (Lipinski definition) is 5. The molecule has 100 valence electrons. The highest BCUT2D eigenvalue weighted by molar-refractivity contribution is 7.16. The summed E-state index contributed by atoms with van der Waals surface area (Å²) < 4.78 is 1.05. The molecule has 20 heavy (non-hydrogen) atoms. The molecule has 0 aliphatic heterocycles. The van der Waals surface area contributed by atoms with Crippen molar-refractivity contribution in [2.24, 2.45) is 0 Å². The molecule has 0 spiro atoms. The number of benzene rings is 2. The van der Waals surface area contributed by atoms with E-state index in [0.717, 1.165) is 10.2 Å². The number of rotatable bonds is 4. The zero-order valence-corrected chi connectivity index (χ0v) is 11.1. The number of aromatic carboxylic acids is 1. The lowest BCUT2D eigenvalue weighted by molar-refractivity contribution is 0.0697. The van der Waals surface area contributed by atoms with Crippen LogP contribution in [0, 0.1) is 0 Å². The van der Waals surface area contributed by atoms with Gasteiger partial charge in [0.1, 0.15) is 5.52 Å². The Morgan fingerprint density at radius 3 is 2.75 bits per heavy atom. The molecule has 2 aromatic carbocycles. The van der Waals surface area contributed by atoms with Gasteiger partial charge in [0.2, 0.25) is 0 Å². The van der Waals surface area contributed by atoms with Gasteiger partial charge in [-0.25, -0.2) is 15.3 Å². The average molecular weight is 286 g/mol. The standard InChI is InChI=1S/C14H10N2O3S/c17-14(18)9-4-6-10(7-5-9)16-19-11-2-1-3-12-13(11)15-8-20-12/h1-8,16H,(H,17,18). The second-order valence-electron chi connectivity index (χ2n) is 4.04. The molecule has 6 heteroatoms. The first-order chi connectivity index (χ1) is 9.74. The number of carboxylic acids is 1. The third-order valence-electron chi connectivity index (χ3n) is 2.73. The number of carboxylic acid groups (broad SMARTS) is 1. The van der Waals surface area contributed by atoms with E-state index in [4.69, 9.17) is 9.94 Å². The minimum absolute atomic E-state index is 0.233. The van der Waals surface area contributed by atoms with Crippen molar-refractivity contribution in [1.29, 1.82) is 0 Å². The van der Waals surface area contributed by atoms with E-state index < -0.39 is 5.97 Å². The smallest absolute Gasteiger partial charge is 0.335 e. The lowest BCUT2D eigenvalue weighted by atomic mass is 10.2. The first-order valence-corrected chi connectivity index (χ1v) is 6.70. The molecule has 0 saturated carbocycles. The number of thiazole rings is 1. The molecule has 0 atom stereocenters. The molecule has 0 radical (unpaired) electrons. The Morgan fingerprint density at radius 1 is 1.20 bits per heavy atom. The van der Waals surface area contributed by atoms with Gasteiger partial charge in [0.25, 0.3) is 0 Å². The molecular weight excluding hydrogens is 276 g/mol. The Morgan fingerprint density at radius 2 is 2.00 bits per heavy atom. The number of carbonyl (C=O) groups is 1. The predicted octanol–water partition coefficient (Wildman–Crippen LogP) is 3.40. The van der Waals surface area contributed by atoms with E-state index in [0.29, 0.717) is 11.4 Å². The maximum Gasteiger partial charge on any atom is 0.335 e. The third-order valence-corrected chi connectivity index (χ3v) is 3.53. The van der Waals surface area contributed by atoms with Crippen LogP contribution in [0.1, 0.15) is 10.4 Å². The Balaban J connectivity index is 1.76. The van der Waals surface area contributed by atoms with Crippen LogP contribution in [0.2, 0.25) is 0 Å². The molecule has 5 nitrogen and oxygen atoms in total. The largest absolute Gasteiger partial charge is 0.478 e. The minimum atomic E-state index is -0.954. The van der Waals surface area contributed by atoms with Gasteiger partial charge in [-0.1, -0.05) is 6.07 Å². The maximum absolute atomic E-state index is 10.7. The minimum Gasteiger partial charge on any atom is -0.478 e. The Hall–Kier alpha value is -2.60. The normalized spacial score (nSPS) is 10.4. The summed E-state index contributed by atoms with van der Waals surface area (Å²) in [6, 6.07) is 12.0. The monoisotopic (exact) mass is 286 g/mol. The molecule has 0 unspecified atom stereocenters. The van der Waals surface area contributed by atoms with Crippen LogP contribution in [0.5, 0.6) is 5.75 Å². The number of para-hydroxylation sites is 1. The number of nitrogens with one attached hydrogen (secondary N) is 1. The lowest BCUT2D eigenvalue weighted by Gasteiger charge is -2.08. The van der Waals surface area contributed by atoms with Gasteiger partial charge in [-0.2, -0.15) is 0 Å². The van der Waals surface area contributed by atoms with Gasteiger partial charge in [0, 0.05) is 0 Å². The molecular formula is C14H10N2O3S. The van der Waals surface area contributed by atoms with Crippen LogP contribution in [-0.2, 0) is 0 Å². The van der Waals surface area contributed by atoms with Crippen LogP contribution in [0.15, 0.2) is 48.0 Å². The number of fused-ring (bicyclic) bond motifs is 1.